The molecule has 8 heteroatoms. The smallest absolute Gasteiger partial charge is 0.275 e. The van der Waals surface area contributed by atoms with E-state index in [9.17, 15) is 13.6 Å². The molecular formula is C12H9ClF2N4O. The second-order valence-electron chi connectivity index (χ2n) is 3.86. The van der Waals surface area contributed by atoms with E-state index >= 15 is 0 Å². The minimum Gasteiger partial charge on any atom is -0.275 e. The highest BCUT2D eigenvalue weighted by molar-refractivity contribution is 6.32. The molecule has 0 fully saturated rings. The summed E-state index contributed by atoms with van der Waals surface area (Å²) in [4.78, 5) is 11.2. The van der Waals surface area contributed by atoms with Crippen LogP contribution in [0.2, 0.25) is 5.02 Å². The molecule has 0 saturated heterocycles. The second-order valence-corrected chi connectivity index (χ2v) is 4.24. The van der Waals surface area contributed by atoms with Gasteiger partial charge in [-0.25, -0.2) is 13.9 Å². The van der Waals surface area contributed by atoms with E-state index in [1.165, 1.54) is 12.3 Å². The molecule has 0 aliphatic rings. The fraction of sp³-hybridized carbons (Fsp3) is 0.0833. The molecule has 104 valence electrons. The average Bonchev–Trinajstić information content (AvgIpc) is 2.43. The molecule has 0 amide bonds. The fourth-order valence-electron chi connectivity index (χ4n) is 1.39. The Morgan fingerprint density at radius 2 is 2.15 bits per heavy atom. The first kappa shape index (κ1) is 14.1. The van der Waals surface area contributed by atoms with Gasteiger partial charge >= 0.3 is 0 Å². The first-order chi connectivity index (χ1) is 9.49. The second kappa shape index (κ2) is 5.79. The van der Waals surface area contributed by atoms with E-state index in [4.69, 9.17) is 11.6 Å². The summed E-state index contributed by atoms with van der Waals surface area (Å²) < 4.78 is 25.9. The molecule has 1 heterocycles. The standard InChI is InChI=1S/C12H9ClF2N4O/c1-6(7-2-3-8(14)9(15)4-7)17-18-10-5-16-19-12(20)11(10)13/h2-5H,1H3,(H2,18,19,20)/b17-6-. The number of aromatic nitrogens is 2. The fourth-order valence-corrected chi connectivity index (χ4v) is 1.52. The average molecular weight is 299 g/mol. The van der Waals surface area contributed by atoms with Gasteiger partial charge in [0.1, 0.15) is 10.7 Å². The van der Waals surface area contributed by atoms with Gasteiger partial charge in [-0.1, -0.05) is 11.6 Å². The molecule has 1 aromatic heterocycles. The number of halogens is 3. The minimum absolute atomic E-state index is 0.0955. The van der Waals surface area contributed by atoms with Crippen molar-refractivity contribution in [2.24, 2.45) is 5.10 Å². The number of nitrogens with zero attached hydrogens (tertiary/aromatic N) is 2. The highest BCUT2D eigenvalue weighted by Gasteiger charge is 2.06. The molecule has 5 nitrogen and oxygen atoms in total. The summed E-state index contributed by atoms with van der Waals surface area (Å²) in [6.45, 7) is 1.59. The maximum atomic E-state index is 13.1. The van der Waals surface area contributed by atoms with Crippen LogP contribution in [0.3, 0.4) is 0 Å². The van der Waals surface area contributed by atoms with Crippen molar-refractivity contribution < 1.29 is 8.78 Å². The van der Waals surface area contributed by atoms with E-state index in [1.807, 2.05) is 0 Å². The van der Waals surface area contributed by atoms with E-state index in [-0.39, 0.29) is 10.7 Å². The maximum absolute atomic E-state index is 13.1. The first-order valence-corrected chi connectivity index (χ1v) is 5.85. The van der Waals surface area contributed by atoms with Gasteiger partial charge in [-0.05, 0) is 25.1 Å². The van der Waals surface area contributed by atoms with Crippen molar-refractivity contribution in [2.45, 2.75) is 6.92 Å². The van der Waals surface area contributed by atoms with Crippen molar-refractivity contribution in [1.82, 2.24) is 10.2 Å². The molecule has 0 spiro atoms. The van der Waals surface area contributed by atoms with Gasteiger partial charge in [0.2, 0.25) is 0 Å². The predicted molar refractivity (Wildman–Crippen MR) is 72.1 cm³/mol. The summed E-state index contributed by atoms with van der Waals surface area (Å²) in [6.07, 6.45) is 1.28. The van der Waals surface area contributed by atoms with Crippen molar-refractivity contribution in [3.05, 3.63) is 57.0 Å². The summed E-state index contributed by atoms with van der Waals surface area (Å²) >= 11 is 5.74. The van der Waals surface area contributed by atoms with Gasteiger partial charge in [0.25, 0.3) is 5.56 Å². The lowest BCUT2D eigenvalue weighted by Crippen LogP contribution is -2.10. The Hall–Kier alpha value is -2.28. The predicted octanol–water partition coefficient (Wildman–Crippen LogP) is 2.54. The Morgan fingerprint density at radius 3 is 2.85 bits per heavy atom. The summed E-state index contributed by atoms with van der Waals surface area (Å²) in [6, 6.07) is 3.41. The number of nitrogens with one attached hydrogen (secondary N) is 2. The molecule has 0 bridgehead atoms. The Bertz CT molecular complexity index is 730. The topological polar surface area (TPSA) is 70.1 Å². The van der Waals surface area contributed by atoms with Crippen LogP contribution < -0.4 is 11.0 Å². The number of H-pyrrole nitrogens is 1. The SMILES string of the molecule is C/C(=N/Nc1cn[nH]c(=O)c1Cl)c1ccc(F)c(F)c1. The highest BCUT2D eigenvalue weighted by atomic mass is 35.5. The number of aromatic amines is 1. The van der Waals surface area contributed by atoms with Crippen LogP contribution in [0.5, 0.6) is 0 Å². The molecular weight excluding hydrogens is 290 g/mol. The molecule has 0 atom stereocenters. The van der Waals surface area contributed by atoms with E-state index in [2.05, 4.69) is 20.7 Å². The Morgan fingerprint density at radius 1 is 1.40 bits per heavy atom. The number of hydrogen-bond donors (Lipinski definition) is 2. The summed E-state index contributed by atoms with van der Waals surface area (Å²) in [5.74, 6) is -1.90. The third kappa shape index (κ3) is 3.00. The van der Waals surface area contributed by atoms with Crippen LogP contribution in [0.4, 0.5) is 14.5 Å². The molecule has 0 saturated carbocycles. The molecule has 2 N–H and O–H groups in total. The van der Waals surface area contributed by atoms with Crippen LogP contribution in [0, 0.1) is 11.6 Å². The summed E-state index contributed by atoms with van der Waals surface area (Å²) in [5.41, 5.74) is 2.97. The monoisotopic (exact) mass is 298 g/mol. The van der Waals surface area contributed by atoms with Crippen LogP contribution in [0.15, 0.2) is 34.3 Å². The van der Waals surface area contributed by atoms with Crippen LogP contribution in [0.1, 0.15) is 12.5 Å². The van der Waals surface area contributed by atoms with E-state index in [0.717, 1.165) is 12.1 Å². The van der Waals surface area contributed by atoms with Gasteiger partial charge in [-0.15, -0.1) is 0 Å². The molecule has 0 unspecified atom stereocenters. The van der Waals surface area contributed by atoms with Crippen LogP contribution in [-0.4, -0.2) is 15.9 Å². The quantitative estimate of drug-likeness (QED) is 0.676. The summed E-state index contributed by atoms with van der Waals surface area (Å²) in [5, 5.41) is 9.56. The van der Waals surface area contributed by atoms with Gasteiger partial charge in [-0.2, -0.15) is 10.2 Å². The van der Waals surface area contributed by atoms with Crippen LogP contribution in [0.25, 0.3) is 0 Å². The normalized spacial score (nSPS) is 11.5. The lowest BCUT2D eigenvalue weighted by Gasteiger charge is -2.04. The van der Waals surface area contributed by atoms with Crippen molar-refractivity contribution in [3.63, 3.8) is 0 Å². The van der Waals surface area contributed by atoms with Crippen LogP contribution in [-0.2, 0) is 0 Å². The van der Waals surface area contributed by atoms with Crippen LogP contribution >= 0.6 is 11.6 Å². The Kier molecular flexibility index (Phi) is 4.09. The molecule has 0 aliphatic heterocycles. The van der Waals surface area contributed by atoms with Crippen molar-refractivity contribution in [2.75, 3.05) is 5.43 Å². The first-order valence-electron chi connectivity index (χ1n) is 5.48. The van der Waals surface area contributed by atoms with Gasteiger partial charge in [0, 0.05) is 5.56 Å². The van der Waals surface area contributed by atoms with Gasteiger partial charge in [0.05, 0.1) is 11.9 Å². The zero-order valence-corrected chi connectivity index (χ0v) is 11.0. The molecule has 0 radical (unpaired) electrons. The Balaban J connectivity index is 2.24. The molecule has 2 aromatic rings. The lowest BCUT2D eigenvalue weighted by atomic mass is 10.1. The third-order valence-corrected chi connectivity index (χ3v) is 2.85. The van der Waals surface area contributed by atoms with E-state index in [0.29, 0.717) is 11.3 Å². The lowest BCUT2D eigenvalue weighted by molar-refractivity contribution is 0.508. The Labute approximate surface area is 117 Å². The van der Waals surface area contributed by atoms with Gasteiger partial charge < -0.3 is 0 Å². The van der Waals surface area contributed by atoms with E-state index in [1.54, 1.807) is 6.92 Å². The number of hydrazone groups is 1. The third-order valence-electron chi connectivity index (χ3n) is 2.48. The largest absolute Gasteiger partial charge is 0.285 e. The van der Waals surface area contributed by atoms with Crippen molar-refractivity contribution in [3.8, 4) is 0 Å². The molecule has 0 aliphatic carbocycles. The van der Waals surface area contributed by atoms with Gasteiger partial charge in [0.15, 0.2) is 11.6 Å². The number of rotatable bonds is 3. The number of anilines is 1. The zero-order chi connectivity index (χ0) is 14.7. The maximum Gasteiger partial charge on any atom is 0.285 e. The minimum atomic E-state index is -0.965. The highest BCUT2D eigenvalue weighted by Crippen LogP contribution is 2.15. The van der Waals surface area contributed by atoms with Gasteiger partial charge in [-0.3, -0.25) is 10.2 Å². The van der Waals surface area contributed by atoms with Crippen molar-refractivity contribution in [1.29, 1.82) is 0 Å². The number of benzene rings is 1. The summed E-state index contributed by atoms with van der Waals surface area (Å²) in [7, 11) is 0. The zero-order valence-electron chi connectivity index (χ0n) is 10.2. The van der Waals surface area contributed by atoms with Crippen molar-refractivity contribution >= 4 is 23.0 Å². The number of hydrogen-bond acceptors (Lipinski definition) is 4. The van der Waals surface area contributed by atoms with E-state index < -0.39 is 17.2 Å². The molecule has 1 aromatic carbocycles. The molecule has 20 heavy (non-hydrogen) atoms. The molecule has 2 rings (SSSR count).